The van der Waals surface area contributed by atoms with E-state index >= 15 is 0 Å². The summed E-state index contributed by atoms with van der Waals surface area (Å²) >= 11 is 5.45. The summed E-state index contributed by atoms with van der Waals surface area (Å²) in [5, 5.41) is 0.606. The van der Waals surface area contributed by atoms with Crippen molar-refractivity contribution < 1.29 is 4.79 Å². The Balaban J connectivity index is 2.52. The van der Waals surface area contributed by atoms with Crippen LogP contribution in [0.15, 0.2) is 18.2 Å². The van der Waals surface area contributed by atoms with Crippen LogP contribution in [-0.2, 0) is 4.79 Å². The van der Waals surface area contributed by atoms with Gasteiger partial charge >= 0.3 is 0 Å². The number of benzene rings is 1. The van der Waals surface area contributed by atoms with Gasteiger partial charge in [0.05, 0.1) is 5.69 Å². The molecule has 1 aromatic rings. The number of aryl methyl sites for hydroxylation is 2. The fourth-order valence-electron chi connectivity index (χ4n) is 2.33. The zero-order chi connectivity index (χ0) is 13.3. The van der Waals surface area contributed by atoms with E-state index in [0.29, 0.717) is 11.5 Å². The molecule has 1 fully saturated rings. The van der Waals surface area contributed by atoms with E-state index in [4.69, 9.17) is 12.2 Å². The molecule has 96 valence electrons. The number of nitrogens with zero attached hydrogens (tertiary/aromatic N) is 2. The Bertz CT molecular complexity index is 478. The normalized spacial score (nSPS) is 17.1. The summed E-state index contributed by atoms with van der Waals surface area (Å²) in [6.07, 6.45) is 1.41. The molecule has 0 unspecified atom stereocenters. The topological polar surface area (TPSA) is 23.6 Å². The molecule has 1 amide bonds. The highest BCUT2D eigenvalue weighted by atomic mass is 32.1. The van der Waals surface area contributed by atoms with Gasteiger partial charge in [-0.2, -0.15) is 0 Å². The van der Waals surface area contributed by atoms with E-state index in [1.807, 2.05) is 44.0 Å². The second kappa shape index (κ2) is 5.06. The van der Waals surface area contributed by atoms with Gasteiger partial charge in [-0.05, 0) is 43.6 Å². The molecule has 0 N–H and O–H groups in total. The number of thiocarbonyl (C=S) groups is 1. The molecular formula is C14H18N2OS. The van der Waals surface area contributed by atoms with E-state index in [2.05, 4.69) is 0 Å². The van der Waals surface area contributed by atoms with Gasteiger partial charge in [-0.15, -0.1) is 0 Å². The minimum Gasteiger partial charge on any atom is -0.352 e. The van der Waals surface area contributed by atoms with Gasteiger partial charge in [-0.1, -0.05) is 18.2 Å². The lowest BCUT2D eigenvalue weighted by Crippen LogP contribution is -2.42. The van der Waals surface area contributed by atoms with Crippen molar-refractivity contribution >= 4 is 28.9 Å². The summed E-state index contributed by atoms with van der Waals surface area (Å²) in [7, 11) is 1.95. The Hall–Kier alpha value is -1.42. The number of amides is 1. The number of hydrogen-bond donors (Lipinski definition) is 0. The van der Waals surface area contributed by atoms with Gasteiger partial charge in [-0.3, -0.25) is 9.69 Å². The van der Waals surface area contributed by atoms with Crippen molar-refractivity contribution in [2.45, 2.75) is 26.7 Å². The van der Waals surface area contributed by atoms with Crippen molar-refractivity contribution in [2.24, 2.45) is 0 Å². The van der Waals surface area contributed by atoms with Gasteiger partial charge in [0.1, 0.15) is 0 Å². The van der Waals surface area contributed by atoms with Gasteiger partial charge in [0.2, 0.25) is 5.91 Å². The summed E-state index contributed by atoms with van der Waals surface area (Å²) in [4.78, 5) is 16.0. The molecule has 4 heteroatoms. The number of carbonyl (C=O) groups excluding carboxylic acids is 1. The lowest BCUT2D eigenvalue weighted by Gasteiger charge is -2.29. The van der Waals surface area contributed by atoms with Crippen LogP contribution in [0.4, 0.5) is 5.69 Å². The van der Waals surface area contributed by atoms with Crippen LogP contribution in [0.25, 0.3) is 0 Å². The Morgan fingerprint density at radius 2 is 1.83 bits per heavy atom. The SMILES string of the molecule is Cc1cccc(C)c1N1C(=O)CCCN(C)C1=S. The van der Waals surface area contributed by atoms with Crippen molar-refractivity contribution in [3.8, 4) is 0 Å². The molecule has 1 aromatic carbocycles. The van der Waals surface area contributed by atoms with Crippen LogP contribution in [0.2, 0.25) is 0 Å². The summed E-state index contributed by atoms with van der Waals surface area (Å²) in [6.45, 7) is 4.87. The lowest BCUT2D eigenvalue weighted by atomic mass is 10.1. The van der Waals surface area contributed by atoms with E-state index in [1.54, 1.807) is 4.90 Å². The molecule has 0 bridgehead atoms. The monoisotopic (exact) mass is 262 g/mol. The molecule has 0 radical (unpaired) electrons. The molecule has 1 heterocycles. The van der Waals surface area contributed by atoms with Crippen LogP contribution >= 0.6 is 12.2 Å². The third-order valence-electron chi connectivity index (χ3n) is 3.31. The second-order valence-corrected chi connectivity index (χ2v) is 5.14. The Morgan fingerprint density at radius 3 is 2.44 bits per heavy atom. The molecule has 2 rings (SSSR count). The molecule has 0 aliphatic carbocycles. The van der Waals surface area contributed by atoms with E-state index in [0.717, 1.165) is 29.8 Å². The highest BCUT2D eigenvalue weighted by Gasteiger charge is 2.27. The first-order valence-electron chi connectivity index (χ1n) is 6.16. The maximum atomic E-state index is 12.3. The third kappa shape index (κ3) is 2.25. The predicted molar refractivity (Wildman–Crippen MR) is 77.9 cm³/mol. The maximum Gasteiger partial charge on any atom is 0.233 e. The molecule has 1 aliphatic heterocycles. The molecule has 1 saturated heterocycles. The minimum absolute atomic E-state index is 0.0988. The molecule has 3 nitrogen and oxygen atoms in total. The van der Waals surface area contributed by atoms with Crippen molar-refractivity contribution in [1.29, 1.82) is 0 Å². The van der Waals surface area contributed by atoms with Gasteiger partial charge in [-0.25, -0.2) is 0 Å². The molecule has 0 aromatic heterocycles. The Morgan fingerprint density at radius 1 is 1.22 bits per heavy atom. The van der Waals surface area contributed by atoms with Gasteiger partial charge in [0.25, 0.3) is 0 Å². The molecule has 0 spiro atoms. The Kier molecular flexibility index (Phi) is 3.66. The standard InChI is InChI=1S/C14H18N2OS/c1-10-6-4-7-11(2)13(10)16-12(17)8-5-9-15(3)14(16)18/h4,6-7H,5,8-9H2,1-3H3. The van der Waals surface area contributed by atoms with Crippen LogP contribution in [0.1, 0.15) is 24.0 Å². The highest BCUT2D eigenvalue weighted by molar-refractivity contribution is 7.80. The van der Waals surface area contributed by atoms with E-state index in [1.165, 1.54) is 0 Å². The molecule has 1 aliphatic rings. The van der Waals surface area contributed by atoms with Crippen molar-refractivity contribution in [3.63, 3.8) is 0 Å². The van der Waals surface area contributed by atoms with Crippen LogP contribution in [0, 0.1) is 13.8 Å². The molecule has 0 saturated carbocycles. The molecule has 18 heavy (non-hydrogen) atoms. The van der Waals surface area contributed by atoms with Crippen LogP contribution in [-0.4, -0.2) is 29.5 Å². The second-order valence-electron chi connectivity index (χ2n) is 4.78. The summed E-state index contributed by atoms with van der Waals surface area (Å²) < 4.78 is 0. The lowest BCUT2D eigenvalue weighted by molar-refractivity contribution is -0.117. The number of anilines is 1. The van der Waals surface area contributed by atoms with Gasteiger partial charge in [0, 0.05) is 20.0 Å². The van der Waals surface area contributed by atoms with Crippen molar-refractivity contribution in [2.75, 3.05) is 18.5 Å². The van der Waals surface area contributed by atoms with Gasteiger partial charge < -0.3 is 4.90 Å². The largest absolute Gasteiger partial charge is 0.352 e. The number of carbonyl (C=O) groups is 1. The fourth-order valence-corrected chi connectivity index (χ4v) is 2.62. The van der Waals surface area contributed by atoms with Crippen LogP contribution in [0.5, 0.6) is 0 Å². The number of para-hydroxylation sites is 1. The average Bonchev–Trinajstić information content (AvgIpc) is 2.43. The maximum absolute atomic E-state index is 12.3. The zero-order valence-corrected chi connectivity index (χ0v) is 11.9. The smallest absolute Gasteiger partial charge is 0.233 e. The first-order valence-corrected chi connectivity index (χ1v) is 6.57. The first kappa shape index (κ1) is 13.0. The summed E-state index contributed by atoms with van der Waals surface area (Å²) in [5.41, 5.74) is 3.11. The van der Waals surface area contributed by atoms with E-state index < -0.39 is 0 Å². The highest BCUT2D eigenvalue weighted by Crippen LogP contribution is 2.27. The third-order valence-corrected chi connectivity index (χ3v) is 3.81. The minimum atomic E-state index is 0.0988. The summed E-state index contributed by atoms with van der Waals surface area (Å²) in [5.74, 6) is 0.0988. The Labute approximate surface area is 113 Å². The van der Waals surface area contributed by atoms with Crippen LogP contribution in [0.3, 0.4) is 0 Å². The quantitative estimate of drug-likeness (QED) is 0.727. The average molecular weight is 262 g/mol. The van der Waals surface area contributed by atoms with Gasteiger partial charge in [0.15, 0.2) is 5.11 Å². The number of hydrogen-bond acceptors (Lipinski definition) is 2. The van der Waals surface area contributed by atoms with Crippen molar-refractivity contribution in [1.82, 2.24) is 4.90 Å². The van der Waals surface area contributed by atoms with E-state index in [-0.39, 0.29) is 5.91 Å². The number of rotatable bonds is 1. The fraction of sp³-hybridized carbons (Fsp3) is 0.429. The molecular weight excluding hydrogens is 244 g/mol. The zero-order valence-electron chi connectivity index (χ0n) is 11.1. The van der Waals surface area contributed by atoms with Crippen LogP contribution < -0.4 is 4.90 Å². The first-order chi connectivity index (χ1) is 8.52. The molecule has 0 atom stereocenters. The summed E-state index contributed by atoms with van der Waals surface area (Å²) in [6, 6.07) is 6.04. The predicted octanol–water partition coefficient (Wildman–Crippen LogP) is 2.65. The van der Waals surface area contributed by atoms with Crippen molar-refractivity contribution in [3.05, 3.63) is 29.3 Å². The van der Waals surface area contributed by atoms with E-state index in [9.17, 15) is 4.79 Å².